The molecular weight excluding hydrogens is 230 g/mol. The van der Waals surface area contributed by atoms with Gasteiger partial charge < -0.3 is 15.6 Å². The number of carbonyl (C=O) groups is 1. The van der Waals surface area contributed by atoms with Crippen molar-refractivity contribution in [2.75, 3.05) is 6.61 Å². The van der Waals surface area contributed by atoms with Crippen LogP contribution in [0, 0.1) is 0 Å². The maximum absolute atomic E-state index is 11.1. The minimum atomic E-state index is -0.586. The highest BCUT2D eigenvalue weighted by Crippen LogP contribution is 2.23. The number of hydrogen-bond donors (Lipinski definition) is 2. The van der Waals surface area contributed by atoms with E-state index in [2.05, 4.69) is 0 Å². The van der Waals surface area contributed by atoms with E-state index in [0.29, 0.717) is 17.2 Å². The molecule has 0 saturated heterocycles. The fraction of sp³-hybridized carbons (Fsp3) is 0.364. The monoisotopic (exact) mass is 243 g/mol. The van der Waals surface area contributed by atoms with Crippen LogP contribution in [0.1, 0.15) is 23.7 Å². The highest BCUT2D eigenvalue weighted by molar-refractivity contribution is 6.30. The molecule has 0 radical (unpaired) electrons. The molecule has 5 heteroatoms. The molecule has 88 valence electrons. The first-order valence-electron chi connectivity index (χ1n) is 4.94. The van der Waals surface area contributed by atoms with Gasteiger partial charge in [-0.3, -0.25) is 4.79 Å². The van der Waals surface area contributed by atoms with Gasteiger partial charge in [0.15, 0.2) is 0 Å². The Morgan fingerprint density at radius 1 is 1.62 bits per heavy atom. The molecule has 0 aromatic heterocycles. The number of ether oxygens (including phenoxy) is 1. The van der Waals surface area contributed by atoms with Crippen LogP contribution in [-0.4, -0.2) is 23.7 Å². The minimum absolute atomic E-state index is 0.108. The molecule has 1 rings (SSSR count). The van der Waals surface area contributed by atoms with Crippen molar-refractivity contribution >= 4 is 17.5 Å². The van der Waals surface area contributed by atoms with Gasteiger partial charge in [-0.1, -0.05) is 18.5 Å². The number of benzene rings is 1. The second-order valence-electron chi connectivity index (χ2n) is 3.38. The number of hydrogen-bond acceptors (Lipinski definition) is 3. The van der Waals surface area contributed by atoms with Gasteiger partial charge in [-0.15, -0.1) is 0 Å². The number of rotatable bonds is 5. The average molecular weight is 244 g/mol. The fourth-order valence-corrected chi connectivity index (χ4v) is 1.29. The normalized spacial score (nSPS) is 12.2. The van der Waals surface area contributed by atoms with E-state index < -0.39 is 12.0 Å². The number of aliphatic hydroxyl groups excluding tert-OH is 1. The number of halogens is 1. The van der Waals surface area contributed by atoms with E-state index in [0.717, 1.165) is 0 Å². The first kappa shape index (κ1) is 12.8. The van der Waals surface area contributed by atoms with Gasteiger partial charge in [0.25, 0.3) is 5.91 Å². The van der Waals surface area contributed by atoms with Crippen molar-refractivity contribution in [3.05, 3.63) is 28.8 Å². The van der Waals surface area contributed by atoms with Crippen LogP contribution in [0.2, 0.25) is 5.02 Å². The lowest BCUT2D eigenvalue weighted by Gasteiger charge is -2.12. The Bertz CT molecular complexity index is 381. The second-order valence-corrected chi connectivity index (χ2v) is 3.81. The van der Waals surface area contributed by atoms with Crippen molar-refractivity contribution in [1.29, 1.82) is 0 Å². The van der Waals surface area contributed by atoms with Crippen molar-refractivity contribution in [2.45, 2.75) is 19.4 Å². The predicted molar refractivity (Wildman–Crippen MR) is 61.8 cm³/mol. The maximum Gasteiger partial charge on any atom is 0.252 e. The van der Waals surface area contributed by atoms with Crippen molar-refractivity contribution in [2.24, 2.45) is 5.73 Å². The largest absolute Gasteiger partial charge is 0.490 e. The summed E-state index contributed by atoms with van der Waals surface area (Å²) in [5.41, 5.74) is 5.44. The Morgan fingerprint density at radius 2 is 2.31 bits per heavy atom. The van der Waals surface area contributed by atoms with Crippen molar-refractivity contribution in [1.82, 2.24) is 0 Å². The molecule has 3 N–H and O–H groups in total. The highest BCUT2D eigenvalue weighted by atomic mass is 35.5. The summed E-state index contributed by atoms with van der Waals surface area (Å²) in [6.07, 6.45) is 0.00615. The summed E-state index contributed by atoms with van der Waals surface area (Å²) in [6.45, 7) is 1.94. The standard InChI is InChI=1S/C11H14ClNO3/c1-2-8(14)6-16-10-5-7(12)3-4-9(10)11(13)15/h3-5,8,14H,2,6H2,1H3,(H2,13,15)/t8-/m0/s1. The number of carbonyl (C=O) groups excluding carboxylic acids is 1. The minimum Gasteiger partial charge on any atom is -0.490 e. The molecule has 0 spiro atoms. The van der Waals surface area contributed by atoms with Crippen molar-refractivity contribution in [3.8, 4) is 5.75 Å². The van der Waals surface area contributed by atoms with E-state index in [9.17, 15) is 9.90 Å². The lowest BCUT2D eigenvalue weighted by Crippen LogP contribution is -2.19. The highest BCUT2D eigenvalue weighted by Gasteiger charge is 2.11. The number of amides is 1. The molecule has 1 aromatic carbocycles. The van der Waals surface area contributed by atoms with Gasteiger partial charge in [0.1, 0.15) is 12.4 Å². The molecule has 0 aliphatic carbocycles. The molecule has 1 aromatic rings. The van der Waals surface area contributed by atoms with Crippen LogP contribution in [0.15, 0.2) is 18.2 Å². The Balaban J connectivity index is 2.84. The zero-order chi connectivity index (χ0) is 12.1. The molecule has 1 atom stereocenters. The lowest BCUT2D eigenvalue weighted by atomic mass is 10.2. The zero-order valence-corrected chi connectivity index (χ0v) is 9.70. The quantitative estimate of drug-likeness (QED) is 0.825. The van der Waals surface area contributed by atoms with E-state index in [-0.39, 0.29) is 12.2 Å². The van der Waals surface area contributed by atoms with Crippen LogP contribution >= 0.6 is 11.6 Å². The molecule has 0 fully saturated rings. The Morgan fingerprint density at radius 3 is 2.88 bits per heavy atom. The summed E-state index contributed by atoms with van der Waals surface area (Å²) in [7, 11) is 0. The predicted octanol–water partition coefficient (Wildman–Crippen LogP) is 1.59. The van der Waals surface area contributed by atoms with Crippen LogP contribution in [0.25, 0.3) is 0 Å². The van der Waals surface area contributed by atoms with Gasteiger partial charge in [-0.25, -0.2) is 0 Å². The van der Waals surface area contributed by atoms with Crippen LogP contribution in [0.3, 0.4) is 0 Å². The number of aliphatic hydroxyl groups is 1. The molecule has 0 heterocycles. The fourth-order valence-electron chi connectivity index (χ4n) is 1.12. The number of primary amides is 1. The first-order chi connectivity index (χ1) is 7.54. The summed E-state index contributed by atoms with van der Waals surface area (Å²) in [5, 5.41) is 9.79. The molecule has 1 amide bonds. The molecule has 0 aliphatic heterocycles. The van der Waals surface area contributed by atoms with Gasteiger partial charge in [0.2, 0.25) is 0 Å². The summed E-state index contributed by atoms with van der Waals surface area (Å²) in [5.74, 6) is -0.287. The van der Waals surface area contributed by atoms with Crippen molar-refractivity contribution < 1.29 is 14.6 Å². The van der Waals surface area contributed by atoms with Crippen LogP contribution in [0.4, 0.5) is 0 Å². The van der Waals surface area contributed by atoms with Crippen LogP contribution in [0.5, 0.6) is 5.75 Å². The smallest absolute Gasteiger partial charge is 0.252 e. The average Bonchev–Trinajstić information content (AvgIpc) is 2.25. The van der Waals surface area contributed by atoms with E-state index >= 15 is 0 Å². The van der Waals surface area contributed by atoms with Gasteiger partial charge in [0, 0.05) is 5.02 Å². The molecule has 0 saturated carbocycles. The summed E-state index contributed by atoms with van der Waals surface area (Å²) in [6, 6.07) is 4.56. The topological polar surface area (TPSA) is 72.6 Å². The summed E-state index contributed by atoms with van der Waals surface area (Å²) < 4.78 is 5.30. The third kappa shape index (κ3) is 3.40. The lowest BCUT2D eigenvalue weighted by molar-refractivity contribution is 0.0957. The summed E-state index contributed by atoms with van der Waals surface area (Å²) in [4.78, 5) is 11.1. The Kier molecular flexibility index (Phi) is 4.58. The molecule has 0 aliphatic rings. The SMILES string of the molecule is CC[C@H](O)COc1cc(Cl)ccc1C(N)=O. The number of nitrogens with two attached hydrogens (primary N) is 1. The molecular formula is C11H14ClNO3. The Labute approximate surface area is 99.0 Å². The van der Waals surface area contributed by atoms with Gasteiger partial charge in [-0.05, 0) is 24.6 Å². The maximum atomic E-state index is 11.1. The summed E-state index contributed by atoms with van der Waals surface area (Å²) >= 11 is 5.78. The zero-order valence-electron chi connectivity index (χ0n) is 8.94. The van der Waals surface area contributed by atoms with E-state index in [1.54, 1.807) is 6.07 Å². The van der Waals surface area contributed by atoms with Crippen LogP contribution < -0.4 is 10.5 Å². The molecule has 16 heavy (non-hydrogen) atoms. The van der Waals surface area contributed by atoms with Gasteiger partial charge in [-0.2, -0.15) is 0 Å². The molecule has 0 bridgehead atoms. The van der Waals surface area contributed by atoms with E-state index in [1.165, 1.54) is 12.1 Å². The first-order valence-corrected chi connectivity index (χ1v) is 5.32. The van der Waals surface area contributed by atoms with Crippen LogP contribution in [-0.2, 0) is 0 Å². The molecule has 4 nitrogen and oxygen atoms in total. The van der Waals surface area contributed by atoms with Crippen molar-refractivity contribution in [3.63, 3.8) is 0 Å². The van der Waals surface area contributed by atoms with E-state index in [4.69, 9.17) is 22.1 Å². The molecule has 0 unspecified atom stereocenters. The third-order valence-corrected chi connectivity index (χ3v) is 2.35. The van der Waals surface area contributed by atoms with Gasteiger partial charge in [0.05, 0.1) is 11.7 Å². The van der Waals surface area contributed by atoms with E-state index in [1.807, 2.05) is 6.92 Å². The Hall–Kier alpha value is -1.26. The third-order valence-electron chi connectivity index (χ3n) is 2.11. The second kappa shape index (κ2) is 5.72. The van der Waals surface area contributed by atoms with Gasteiger partial charge >= 0.3 is 0 Å².